The Bertz CT molecular complexity index is 710. The van der Waals surface area contributed by atoms with Gasteiger partial charge in [0.15, 0.2) is 5.78 Å². The number of thiol groups is 1. The molecule has 0 saturated carbocycles. The molecule has 0 aliphatic heterocycles. The predicted molar refractivity (Wildman–Crippen MR) is 117 cm³/mol. The van der Waals surface area contributed by atoms with Crippen LogP contribution in [0.1, 0.15) is 73.7 Å². The Kier molecular flexibility index (Phi) is 10.4. The summed E-state index contributed by atoms with van der Waals surface area (Å²) in [6, 6.07) is 15.9. The summed E-state index contributed by atoms with van der Waals surface area (Å²) in [5.41, 5.74) is 1.23. The highest BCUT2D eigenvalue weighted by Gasteiger charge is 2.10. The third-order valence-electron chi connectivity index (χ3n) is 4.67. The van der Waals surface area contributed by atoms with Crippen molar-refractivity contribution in [2.75, 3.05) is 5.75 Å². The largest absolute Gasteiger partial charge is 0.427 e. The van der Waals surface area contributed by atoms with Crippen molar-refractivity contribution >= 4 is 24.4 Å². The molecule has 0 spiro atoms. The van der Waals surface area contributed by atoms with Crippen LogP contribution in [-0.4, -0.2) is 17.5 Å². The summed E-state index contributed by atoms with van der Waals surface area (Å²) in [4.78, 5) is 24.3. The standard InChI is InChI=1S/C24H30O3S/c25-23(14-10-5-3-1-2-4-6-11-19-28)27-22-17-15-21(16-18-22)24(26)20-12-8-7-9-13-20/h7-9,12-13,15-18,28H,1-6,10-11,14,19H2. The molecule has 0 aromatic heterocycles. The molecule has 0 fully saturated rings. The number of carbonyl (C=O) groups excluding carboxylic acids is 2. The van der Waals surface area contributed by atoms with E-state index in [1.807, 2.05) is 18.2 Å². The predicted octanol–water partition coefficient (Wildman–Crippen LogP) is 6.26. The second kappa shape index (κ2) is 13.2. The number of carbonyl (C=O) groups is 2. The summed E-state index contributed by atoms with van der Waals surface area (Å²) in [5.74, 6) is 1.22. The van der Waals surface area contributed by atoms with Gasteiger partial charge in [-0.2, -0.15) is 12.6 Å². The van der Waals surface area contributed by atoms with Gasteiger partial charge in [0.25, 0.3) is 0 Å². The topological polar surface area (TPSA) is 43.4 Å². The van der Waals surface area contributed by atoms with E-state index < -0.39 is 0 Å². The van der Waals surface area contributed by atoms with Crippen molar-refractivity contribution in [3.8, 4) is 5.75 Å². The Morgan fingerprint density at radius 3 is 1.82 bits per heavy atom. The van der Waals surface area contributed by atoms with Crippen LogP contribution in [0.15, 0.2) is 54.6 Å². The van der Waals surface area contributed by atoms with Gasteiger partial charge >= 0.3 is 5.97 Å². The first kappa shape index (κ1) is 22.2. The van der Waals surface area contributed by atoms with E-state index >= 15 is 0 Å². The van der Waals surface area contributed by atoms with Gasteiger partial charge in [-0.25, -0.2) is 0 Å². The molecule has 2 rings (SSSR count). The Morgan fingerprint density at radius 2 is 1.21 bits per heavy atom. The van der Waals surface area contributed by atoms with Crippen LogP contribution in [0.3, 0.4) is 0 Å². The fraction of sp³-hybridized carbons (Fsp3) is 0.417. The molecule has 0 atom stereocenters. The molecule has 0 bridgehead atoms. The van der Waals surface area contributed by atoms with E-state index in [-0.39, 0.29) is 11.8 Å². The molecule has 2 aromatic rings. The van der Waals surface area contributed by atoms with Crippen molar-refractivity contribution in [2.24, 2.45) is 0 Å². The second-order valence-electron chi connectivity index (χ2n) is 7.00. The van der Waals surface area contributed by atoms with Crippen molar-refractivity contribution < 1.29 is 14.3 Å². The Hall–Kier alpha value is -2.07. The molecular formula is C24H30O3S. The number of benzene rings is 2. The molecule has 4 heteroatoms. The van der Waals surface area contributed by atoms with Crippen molar-refractivity contribution in [2.45, 2.75) is 57.8 Å². The lowest BCUT2D eigenvalue weighted by molar-refractivity contribution is -0.134. The van der Waals surface area contributed by atoms with E-state index in [0.29, 0.717) is 23.3 Å². The molecule has 3 nitrogen and oxygen atoms in total. The van der Waals surface area contributed by atoms with E-state index in [4.69, 9.17) is 4.74 Å². The lowest BCUT2D eigenvalue weighted by Crippen LogP contribution is -2.08. The number of unbranched alkanes of at least 4 members (excludes halogenated alkanes) is 7. The quantitative estimate of drug-likeness (QED) is 0.142. The van der Waals surface area contributed by atoms with Gasteiger partial charge in [-0.15, -0.1) is 0 Å². The summed E-state index contributed by atoms with van der Waals surface area (Å²) in [7, 11) is 0. The fourth-order valence-electron chi connectivity index (χ4n) is 3.05. The van der Waals surface area contributed by atoms with Gasteiger partial charge < -0.3 is 4.74 Å². The van der Waals surface area contributed by atoms with E-state index in [9.17, 15) is 9.59 Å². The van der Waals surface area contributed by atoms with Crippen LogP contribution in [0.25, 0.3) is 0 Å². The maximum absolute atomic E-state index is 12.4. The first-order chi connectivity index (χ1) is 13.7. The molecule has 0 saturated heterocycles. The zero-order chi connectivity index (χ0) is 20.0. The van der Waals surface area contributed by atoms with Crippen LogP contribution >= 0.6 is 12.6 Å². The van der Waals surface area contributed by atoms with Crippen molar-refractivity contribution in [3.63, 3.8) is 0 Å². The van der Waals surface area contributed by atoms with Gasteiger partial charge in [0.1, 0.15) is 5.75 Å². The normalized spacial score (nSPS) is 10.6. The SMILES string of the molecule is O=C(CCCCCCCCCCS)Oc1ccc(C(=O)c2ccccc2)cc1. The number of esters is 1. The molecule has 150 valence electrons. The maximum Gasteiger partial charge on any atom is 0.311 e. The maximum atomic E-state index is 12.4. The molecule has 0 amide bonds. The highest BCUT2D eigenvalue weighted by Crippen LogP contribution is 2.17. The molecule has 0 unspecified atom stereocenters. The van der Waals surface area contributed by atoms with Gasteiger partial charge in [-0.1, -0.05) is 68.9 Å². The summed E-state index contributed by atoms with van der Waals surface area (Å²) in [6.07, 6.45) is 9.79. The van der Waals surface area contributed by atoms with Gasteiger partial charge in [0.2, 0.25) is 0 Å². The van der Waals surface area contributed by atoms with Crippen LogP contribution in [0.5, 0.6) is 5.75 Å². The zero-order valence-corrected chi connectivity index (χ0v) is 17.3. The third kappa shape index (κ3) is 8.30. The average Bonchev–Trinajstić information content (AvgIpc) is 2.73. The number of hydrogen-bond donors (Lipinski definition) is 1. The minimum atomic E-state index is -0.212. The second-order valence-corrected chi connectivity index (χ2v) is 7.44. The summed E-state index contributed by atoms with van der Waals surface area (Å²) >= 11 is 4.22. The van der Waals surface area contributed by atoms with Crippen molar-refractivity contribution in [3.05, 3.63) is 65.7 Å². The van der Waals surface area contributed by atoms with Gasteiger partial charge in [-0.05, 0) is 42.9 Å². The highest BCUT2D eigenvalue weighted by atomic mass is 32.1. The summed E-state index contributed by atoms with van der Waals surface area (Å²) in [5, 5.41) is 0. The van der Waals surface area contributed by atoms with E-state index in [1.54, 1.807) is 36.4 Å². The smallest absolute Gasteiger partial charge is 0.311 e. The van der Waals surface area contributed by atoms with Crippen LogP contribution < -0.4 is 4.74 Å². The van der Waals surface area contributed by atoms with Crippen molar-refractivity contribution in [1.82, 2.24) is 0 Å². The molecule has 0 aliphatic rings. The molecule has 28 heavy (non-hydrogen) atoms. The third-order valence-corrected chi connectivity index (χ3v) is 4.99. The van der Waals surface area contributed by atoms with Gasteiger partial charge in [0, 0.05) is 17.5 Å². The van der Waals surface area contributed by atoms with Gasteiger partial charge in [0.05, 0.1) is 0 Å². The Morgan fingerprint density at radius 1 is 0.679 bits per heavy atom. The molecular weight excluding hydrogens is 368 g/mol. The van der Waals surface area contributed by atoms with E-state index in [2.05, 4.69) is 12.6 Å². The molecule has 2 aromatic carbocycles. The molecule has 0 heterocycles. The van der Waals surface area contributed by atoms with Crippen LogP contribution in [0.2, 0.25) is 0 Å². The lowest BCUT2D eigenvalue weighted by atomic mass is 10.0. The number of rotatable bonds is 13. The number of ketones is 1. The molecule has 0 N–H and O–H groups in total. The summed E-state index contributed by atoms with van der Waals surface area (Å²) < 4.78 is 5.37. The van der Waals surface area contributed by atoms with E-state index in [0.717, 1.165) is 18.6 Å². The van der Waals surface area contributed by atoms with Crippen LogP contribution in [0.4, 0.5) is 0 Å². The highest BCUT2D eigenvalue weighted by molar-refractivity contribution is 7.80. The first-order valence-electron chi connectivity index (χ1n) is 10.2. The average molecular weight is 399 g/mol. The molecule has 0 aliphatic carbocycles. The number of ether oxygens (including phenoxy) is 1. The van der Waals surface area contributed by atoms with Gasteiger partial charge in [-0.3, -0.25) is 9.59 Å². The lowest BCUT2D eigenvalue weighted by Gasteiger charge is -2.06. The minimum Gasteiger partial charge on any atom is -0.427 e. The Balaban J connectivity index is 1.64. The monoisotopic (exact) mass is 398 g/mol. The zero-order valence-electron chi connectivity index (χ0n) is 16.4. The molecule has 0 radical (unpaired) electrons. The summed E-state index contributed by atoms with van der Waals surface area (Å²) in [6.45, 7) is 0. The Labute approximate surface area is 173 Å². The van der Waals surface area contributed by atoms with Crippen LogP contribution in [-0.2, 0) is 4.79 Å². The minimum absolute atomic E-state index is 0.0379. The van der Waals surface area contributed by atoms with Crippen LogP contribution in [0, 0.1) is 0 Å². The first-order valence-corrected chi connectivity index (χ1v) is 10.9. The van der Waals surface area contributed by atoms with E-state index in [1.165, 1.54) is 38.5 Å². The number of hydrogen-bond acceptors (Lipinski definition) is 4. The fourth-order valence-corrected chi connectivity index (χ4v) is 3.28. The van der Waals surface area contributed by atoms with Crippen molar-refractivity contribution in [1.29, 1.82) is 0 Å².